The fraction of sp³-hybridized carbons (Fsp3) is 1.00. The molecule has 0 aromatic carbocycles. The number of hydrogen-bond acceptors (Lipinski definition) is 5. The van der Waals surface area contributed by atoms with Crippen LogP contribution in [0.25, 0.3) is 0 Å². The third-order valence-electron chi connectivity index (χ3n) is 4.03. The van der Waals surface area contributed by atoms with Crippen molar-refractivity contribution in [3.05, 3.63) is 0 Å². The second-order valence-electron chi connectivity index (χ2n) is 5.83. The van der Waals surface area contributed by atoms with E-state index in [0.29, 0.717) is 19.3 Å². The standard InChI is InChI=1S/C12H20O5/c1-11(2)16-8-6-12(14)5-7(10(8)17-11)15-9(12)3-4-13/h7-10,13-14H,3-6H2,1-2H3/t7-,8-,9+,10+,12-/m1/s1. The highest BCUT2D eigenvalue weighted by Gasteiger charge is 2.61. The lowest BCUT2D eigenvalue weighted by Gasteiger charge is -2.34. The Kier molecular flexibility index (Phi) is 2.55. The average Bonchev–Trinajstić information content (AvgIpc) is 2.64. The van der Waals surface area contributed by atoms with Crippen molar-refractivity contribution in [2.45, 2.75) is 68.9 Å². The van der Waals surface area contributed by atoms with Gasteiger partial charge < -0.3 is 24.4 Å². The molecule has 3 rings (SSSR count). The first-order valence-electron chi connectivity index (χ1n) is 6.28. The SMILES string of the molecule is CC1(C)O[C@H]2[C@H]3C[C@@](O)(C[C@H]2O1)[C@H](CCO)O3. The molecule has 0 aromatic heterocycles. The lowest BCUT2D eigenvalue weighted by molar-refractivity contribution is -0.165. The molecule has 98 valence electrons. The highest BCUT2D eigenvalue weighted by atomic mass is 16.8. The average molecular weight is 244 g/mol. The van der Waals surface area contributed by atoms with Crippen LogP contribution in [-0.4, -0.2) is 52.6 Å². The number of ether oxygens (including phenoxy) is 3. The molecular formula is C12H20O5. The summed E-state index contributed by atoms with van der Waals surface area (Å²) in [6.07, 6.45) is 0.984. The van der Waals surface area contributed by atoms with Gasteiger partial charge in [0.25, 0.3) is 0 Å². The van der Waals surface area contributed by atoms with Crippen LogP contribution in [0.1, 0.15) is 33.1 Å². The maximum absolute atomic E-state index is 10.6. The van der Waals surface area contributed by atoms with Crippen LogP contribution in [0.3, 0.4) is 0 Å². The molecule has 5 atom stereocenters. The Morgan fingerprint density at radius 2 is 1.88 bits per heavy atom. The second-order valence-corrected chi connectivity index (χ2v) is 5.83. The summed E-state index contributed by atoms with van der Waals surface area (Å²) < 4.78 is 17.5. The van der Waals surface area contributed by atoms with Gasteiger partial charge in [0.1, 0.15) is 6.10 Å². The second kappa shape index (κ2) is 3.65. The van der Waals surface area contributed by atoms with Crippen molar-refractivity contribution in [3.63, 3.8) is 0 Å². The maximum Gasteiger partial charge on any atom is 0.163 e. The van der Waals surface area contributed by atoms with Crippen molar-refractivity contribution in [1.82, 2.24) is 0 Å². The summed E-state index contributed by atoms with van der Waals surface area (Å²) >= 11 is 0. The molecule has 1 aliphatic carbocycles. The van der Waals surface area contributed by atoms with Gasteiger partial charge in [-0.2, -0.15) is 0 Å². The van der Waals surface area contributed by atoms with Gasteiger partial charge in [-0.3, -0.25) is 0 Å². The minimum absolute atomic E-state index is 0.0300. The molecule has 2 aliphatic heterocycles. The van der Waals surface area contributed by atoms with Crippen LogP contribution in [0.4, 0.5) is 0 Å². The van der Waals surface area contributed by atoms with Crippen molar-refractivity contribution in [3.8, 4) is 0 Å². The molecule has 0 spiro atoms. The number of aliphatic hydroxyl groups is 2. The van der Waals surface area contributed by atoms with E-state index in [2.05, 4.69) is 0 Å². The fourth-order valence-corrected chi connectivity index (χ4v) is 3.41. The highest BCUT2D eigenvalue weighted by Crippen LogP contribution is 2.48. The van der Waals surface area contributed by atoms with Crippen molar-refractivity contribution >= 4 is 0 Å². The summed E-state index contributed by atoms with van der Waals surface area (Å²) in [4.78, 5) is 0. The molecule has 3 fully saturated rings. The van der Waals surface area contributed by atoms with Crippen LogP contribution in [0.5, 0.6) is 0 Å². The number of rotatable bonds is 2. The van der Waals surface area contributed by atoms with Gasteiger partial charge in [-0.15, -0.1) is 0 Å². The van der Waals surface area contributed by atoms with Gasteiger partial charge in [-0.05, 0) is 20.3 Å². The molecule has 0 aromatic rings. The summed E-state index contributed by atoms with van der Waals surface area (Å²) in [5.41, 5.74) is -0.863. The Hall–Kier alpha value is -0.200. The lowest BCUT2D eigenvalue weighted by Crippen LogP contribution is -2.48. The molecule has 2 heterocycles. The summed E-state index contributed by atoms with van der Waals surface area (Å²) in [7, 11) is 0. The van der Waals surface area contributed by atoms with Gasteiger partial charge in [0.05, 0.1) is 23.9 Å². The molecule has 17 heavy (non-hydrogen) atoms. The fourth-order valence-electron chi connectivity index (χ4n) is 3.41. The molecule has 1 saturated carbocycles. The molecule has 5 heteroatoms. The minimum Gasteiger partial charge on any atom is -0.396 e. The summed E-state index contributed by atoms with van der Waals surface area (Å²) in [5.74, 6) is -0.591. The summed E-state index contributed by atoms with van der Waals surface area (Å²) in [6.45, 7) is 3.80. The third kappa shape index (κ3) is 1.81. The first-order valence-corrected chi connectivity index (χ1v) is 6.28. The summed E-state index contributed by atoms with van der Waals surface area (Å²) in [6, 6.07) is 0. The topological polar surface area (TPSA) is 68.2 Å². The van der Waals surface area contributed by atoms with E-state index in [-0.39, 0.29) is 31.0 Å². The molecule has 2 saturated heterocycles. The van der Waals surface area contributed by atoms with E-state index in [1.54, 1.807) is 0 Å². The summed E-state index contributed by atoms with van der Waals surface area (Å²) in [5, 5.41) is 19.6. The molecule has 5 nitrogen and oxygen atoms in total. The monoisotopic (exact) mass is 244 g/mol. The Labute approximate surface area is 101 Å². The molecule has 2 bridgehead atoms. The van der Waals surface area contributed by atoms with E-state index in [9.17, 15) is 5.11 Å². The highest BCUT2D eigenvalue weighted by molar-refractivity contribution is 5.08. The zero-order chi connectivity index (χ0) is 12.3. The molecule has 0 amide bonds. The van der Waals surface area contributed by atoms with Crippen LogP contribution < -0.4 is 0 Å². The van der Waals surface area contributed by atoms with Gasteiger partial charge in [0.15, 0.2) is 5.79 Å². The molecule has 3 aliphatic rings. The molecule has 2 N–H and O–H groups in total. The lowest BCUT2D eigenvalue weighted by atomic mass is 9.79. The Morgan fingerprint density at radius 3 is 2.59 bits per heavy atom. The number of hydrogen-bond donors (Lipinski definition) is 2. The van der Waals surface area contributed by atoms with Crippen LogP contribution in [-0.2, 0) is 14.2 Å². The first kappa shape index (κ1) is 11.9. The van der Waals surface area contributed by atoms with Gasteiger partial charge >= 0.3 is 0 Å². The maximum atomic E-state index is 10.6. The van der Waals surface area contributed by atoms with E-state index in [0.717, 1.165) is 0 Å². The van der Waals surface area contributed by atoms with Gasteiger partial charge in [0.2, 0.25) is 0 Å². The number of aliphatic hydroxyl groups excluding tert-OH is 1. The van der Waals surface area contributed by atoms with E-state index in [4.69, 9.17) is 19.3 Å². The smallest absolute Gasteiger partial charge is 0.163 e. The van der Waals surface area contributed by atoms with Crippen LogP contribution in [0.2, 0.25) is 0 Å². The van der Waals surface area contributed by atoms with Crippen LogP contribution >= 0.6 is 0 Å². The number of fused-ring (bicyclic) bond motifs is 4. The van der Waals surface area contributed by atoms with E-state index >= 15 is 0 Å². The van der Waals surface area contributed by atoms with Crippen molar-refractivity contribution in [1.29, 1.82) is 0 Å². The van der Waals surface area contributed by atoms with Crippen molar-refractivity contribution < 1.29 is 24.4 Å². The van der Waals surface area contributed by atoms with Crippen LogP contribution in [0.15, 0.2) is 0 Å². The predicted molar refractivity (Wildman–Crippen MR) is 58.4 cm³/mol. The zero-order valence-electron chi connectivity index (χ0n) is 10.3. The Balaban J connectivity index is 1.80. The Bertz CT molecular complexity index is 318. The predicted octanol–water partition coefficient (Wildman–Crippen LogP) is 0.181. The molecular weight excluding hydrogens is 224 g/mol. The van der Waals surface area contributed by atoms with Crippen molar-refractivity contribution in [2.75, 3.05) is 6.61 Å². The Morgan fingerprint density at radius 1 is 1.18 bits per heavy atom. The van der Waals surface area contributed by atoms with Gasteiger partial charge in [0, 0.05) is 19.4 Å². The quantitative estimate of drug-likeness (QED) is 0.725. The van der Waals surface area contributed by atoms with E-state index < -0.39 is 11.4 Å². The molecule has 0 radical (unpaired) electrons. The van der Waals surface area contributed by atoms with E-state index in [1.807, 2.05) is 13.8 Å². The zero-order valence-corrected chi connectivity index (χ0v) is 10.3. The molecule has 0 unspecified atom stereocenters. The van der Waals surface area contributed by atoms with E-state index in [1.165, 1.54) is 0 Å². The van der Waals surface area contributed by atoms with Crippen LogP contribution in [0, 0.1) is 0 Å². The normalized spacial score (nSPS) is 51.5. The minimum atomic E-state index is -0.863. The first-order chi connectivity index (χ1) is 7.93. The van der Waals surface area contributed by atoms with Gasteiger partial charge in [-0.1, -0.05) is 0 Å². The van der Waals surface area contributed by atoms with Gasteiger partial charge in [-0.25, -0.2) is 0 Å². The largest absolute Gasteiger partial charge is 0.396 e. The van der Waals surface area contributed by atoms with Crippen molar-refractivity contribution in [2.24, 2.45) is 0 Å². The third-order valence-corrected chi connectivity index (χ3v) is 4.03.